The molecule has 9 heteroatoms. The molecule has 0 saturated heterocycles. The van der Waals surface area contributed by atoms with E-state index in [2.05, 4.69) is 13.8 Å². The Hall–Kier alpha value is -3.07. The summed E-state index contributed by atoms with van der Waals surface area (Å²) in [4.78, 5) is 25.0. The second kappa shape index (κ2) is 23.4. The highest BCUT2D eigenvalue weighted by Gasteiger charge is 2.22. The second-order valence-corrected chi connectivity index (χ2v) is 12.9. The summed E-state index contributed by atoms with van der Waals surface area (Å²) in [7, 11) is 0. The van der Waals surface area contributed by atoms with Gasteiger partial charge in [0.25, 0.3) is 0 Å². The monoisotopic (exact) mass is 700 g/mol. The molecule has 3 rings (SSSR count). The van der Waals surface area contributed by atoms with Crippen LogP contribution in [0.4, 0.5) is 0 Å². The quantitative estimate of drug-likeness (QED) is 0.0464. The third kappa shape index (κ3) is 14.0. The summed E-state index contributed by atoms with van der Waals surface area (Å²) in [5, 5.41) is 3.75. The third-order valence-electron chi connectivity index (χ3n) is 8.11. The molecule has 2 unspecified atom stereocenters. The summed E-state index contributed by atoms with van der Waals surface area (Å²) >= 11 is 6.54. The zero-order valence-corrected chi connectivity index (χ0v) is 30.8. The lowest BCUT2D eigenvalue weighted by Crippen LogP contribution is -2.30. The number of carbonyl (C=O) groups is 2. The number of rotatable bonds is 26. The van der Waals surface area contributed by atoms with Crippen LogP contribution in [0.1, 0.15) is 105 Å². The number of halogens is 1. The summed E-state index contributed by atoms with van der Waals surface area (Å²) in [6.45, 7) is 10.2. The zero-order chi connectivity index (χ0) is 35.3. The average Bonchev–Trinajstić information content (AvgIpc) is 3.09. The number of esters is 2. The number of ether oxygens (including phenoxy) is 6. The van der Waals surface area contributed by atoms with Gasteiger partial charge in [0, 0.05) is 52.6 Å². The summed E-state index contributed by atoms with van der Waals surface area (Å²) in [5.74, 6) is 0.707. The van der Waals surface area contributed by atoms with Gasteiger partial charge in [-0.25, -0.2) is 0 Å². The Kier molecular flexibility index (Phi) is 19.2. The maximum atomic E-state index is 12.5. The van der Waals surface area contributed by atoms with Crippen LogP contribution in [-0.2, 0) is 28.5 Å². The number of unbranched alkanes of at least 4 members (excludes halogenated alkanes) is 6. The molecule has 0 saturated carbocycles. The van der Waals surface area contributed by atoms with E-state index in [1.54, 1.807) is 0 Å². The van der Waals surface area contributed by atoms with E-state index in [1.165, 1.54) is 12.8 Å². The van der Waals surface area contributed by atoms with Gasteiger partial charge in [-0.2, -0.15) is 0 Å². The number of fused-ring (bicyclic) bond motifs is 2. The first kappa shape index (κ1) is 40.4. The van der Waals surface area contributed by atoms with Crippen molar-refractivity contribution in [2.45, 2.75) is 117 Å². The lowest BCUT2D eigenvalue weighted by atomic mass is 10.0. The van der Waals surface area contributed by atoms with Crippen molar-refractivity contribution < 1.29 is 38.0 Å². The molecular formula is C40H57ClO8. The topological polar surface area (TPSA) is 89.5 Å². The summed E-state index contributed by atoms with van der Waals surface area (Å²) < 4.78 is 36.5. The molecule has 0 fully saturated rings. The highest BCUT2D eigenvalue weighted by Crippen LogP contribution is 2.43. The molecule has 0 spiro atoms. The minimum absolute atomic E-state index is 0.112. The van der Waals surface area contributed by atoms with E-state index < -0.39 is 12.2 Å². The smallest absolute Gasteiger partial charge is 0.306 e. The second-order valence-electron chi connectivity index (χ2n) is 12.5. The first-order valence-corrected chi connectivity index (χ1v) is 18.7. The Morgan fingerprint density at radius 1 is 0.571 bits per heavy atom. The Bertz CT molecular complexity index is 1410. The van der Waals surface area contributed by atoms with Crippen LogP contribution in [0.5, 0.6) is 11.5 Å². The number of hydrogen-bond acceptors (Lipinski definition) is 8. The van der Waals surface area contributed by atoms with Crippen LogP contribution in [0.25, 0.3) is 21.5 Å². The van der Waals surface area contributed by atoms with Crippen LogP contribution in [0, 0.1) is 0 Å². The molecule has 2 atom stereocenters. The van der Waals surface area contributed by atoms with Crippen molar-refractivity contribution in [3.8, 4) is 11.5 Å². The number of hydrogen-bond donors (Lipinski definition) is 0. The fourth-order valence-corrected chi connectivity index (χ4v) is 5.73. The van der Waals surface area contributed by atoms with Crippen LogP contribution < -0.4 is 9.47 Å². The van der Waals surface area contributed by atoms with E-state index in [0.29, 0.717) is 55.4 Å². The molecule has 0 radical (unpaired) electrons. The maximum absolute atomic E-state index is 12.5. The Morgan fingerprint density at radius 3 is 1.51 bits per heavy atom. The van der Waals surface area contributed by atoms with Gasteiger partial charge in [-0.15, -0.1) is 0 Å². The molecule has 3 aromatic carbocycles. The Labute approximate surface area is 298 Å². The third-order valence-corrected chi connectivity index (χ3v) is 8.35. The first-order valence-electron chi connectivity index (χ1n) is 18.4. The van der Waals surface area contributed by atoms with Gasteiger partial charge in [0.05, 0.1) is 13.2 Å². The van der Waals surface area contributed by atoms with Crippen molar-refractivity contribution in [2.24, 2.45) is 0 Å². The van der Waals surface area contributed by atoms with Gasteiger partial charge in [0.15, 0.2) is 12.2 Å². The molecule has 0 aliphatic rings. The van der Waals surface area contributed by atoms with E-state index in [-0.39, 0.29) is 38.4 Å². The zero-order valence-electron chi connectivity index (χ0n) is 30.1. The molecule has 0 aliphatic heterocycles. The Balaban J connectivity index is 1.87. The lowest BCUT2D eigenvalue weighted by Gasteiger charge is -2.23. The predicted octanol–water partition coefficient (Wildman–Crippen LogP) is 10.0. The molecule has 272 valence electrons. The van der Waals surface area contributed by atoms with Crippen molar-refractivity contribution in [1.29, 1.82) is 0 Å². The van der Waals surface area contributed by atoms with E-state index in [4.69, 9.17) is 40.0 Å². The first-order chi connectivity index (χ1) is 23.9. The fourth-order valence-electron chi connectivity index (χ4n) is 5.56. The van der Waals surface area contributed by atoms with E-state index in [9.17, 15) is 9.59 Å². The van der Waals surface area contributed by atoms with Crippen LogP contribution >= 0.6 is 11.6 Å². The van der Waals surface area contributed by atoms with Crippen LogP contribution in [0.3, 0.4) is 0 Å². The van der Waals surface area contributed by atoms with Crippen molar-refractivity contribution in [2.75, 3.05) is 39.6 Å². The molecule has 8 nitrogen and oxygen atoms in total. The molecule has 0 aliphatic carbocycles. The largest absolute Gasteiger partial charge is 0.488 e. The number of carbonyl (C=O) groups excluding carboxylic acids is 2. The highest BCUT2D eigenvalue weighted by molar-refractivity contribution is 6.31. The SMILES string of the molecule is CCCCCCOCC(COc1c2ccccc2c(OCC(COCCCCCC)OC(=O)CCC)c2cc(Cl)ccc12)OC(=O)CCC. The van der Waals surface area contributed by atoms with E-state index in [1.807, 2.05) is 56.3 Å². The molecule has 0 aromatic heterocycles. The minimum Gasteiger partial charge on any atom is -0.488 e. The highest BCUT2D eigenvalue weighted by atomic mass is 35.5. The van der Waals surface area contributed by atoms with Crippen LogP contribution in [0.2, 0.25) is 5.02 Å². The van der Waals surface area contributed by atoms with E-state index >= 15 is 0 Å². The van der Waals surface area contributed by atoms with Gasteiger partial charge >= 0.3 is 11.9 Å². The molecule has 49 heavy (non-hydrogen) atoms. The van der Waals surface area contributed by atoms with Crippen LogP contribution in [-0.4, -0.2) is 63.8 Å². The normalized spacial score (nSPS) is 12.6. The molecule has 0 bridgehead atoms. The summed E-state index contributed by atoms with van der Waals surface area (Å²) in [6.07, 6.45) is 9.71. The fraction of sp³-hybridized carbons (Fsp3) is 0.600. The standard InChI is InChI=1S/C40H57ClO8/c1-5-9-11-15-23-44-26-31(48-37(42)17-7-3)28-46-39-33-19-13-14-20-34(33)40(36-25-30(41)21-22-35(36)39)47-29-32(49-38(43)18-8-4)27-45-24-16-12-10-6-2/h13-14,19-22,25,31-32H,5-12,15-18,23-24,26-29H2,1-4H3. The van der Waals surface area contributed by atoms with Gasteiger partial charge in [0.1, 0.15) is 24.7 Å². The average molecular weight is 701 g/mol. The predicted molar refractivity (Wildman–Crippen MR) is 197 cm³/mol. The van der Waals surface area contributed by atoms with E-state index in [0.717, 1.165) is 60.1 Å². The van der Waals surface area contributed by atoms with Gasteiger partial charge in [-0.05, 0) is 43.9 Å². The number of benzene rings is 3. The molecular weight excluding hydrogens is 644 g/mol. The summed E-state index contributed by atoms with van der Waals surface area (Å²) in [6, 6.07) is 13.4. The van der Waals surface area contributed by atoms with Gasteiger partial charge in [-0.1, -0.05) is 102 Å². The maximum Gasteiger partial charge on any atom is 0.306 e. The van der Waals surface area contributed by atoms with Crippen molar-refractivity contribution in [1.82, 2.24) is 0 Å². The van der Waals surface area contributed by atoms with Crippen LogP contribution in [0.15, 0.2) is 42.5 Å². The Morgan fingerprint density at radius 2 is 1.04 bits per heavy atom. The molecule has 0 amide bonds. The van der Waals surface area contributed by atoms with Gasteiger partial charge in [0.2, 0.25) is 0 Å². The molecule has 0 heterocycles. The lowest BCUT2D eigenvalue weighted by molar-refractivity contribution is -0.155. The minimum atomic E-state index is -0.574. The van der Waals surface area contributed by atoms with Crippen molar-refractivity contribution in [3.05, 3.63) is 47.5 Å². The van der Waals surface area contributed by atoms with Crippen molar-refractivity contribution in [3.63, 3.8) is 0 Å². The van der Waals surface area contributed by atoms with Crippen molar-refractivity contribution >= 4 is 45.1 Å². The van der Waals surface area contributed by atoms with Gasteiger partial charge in [-0.3, -0.25) is 9.59 Å². The summed E-state index contributed by atoms with van der Waals surface area (Å²) in [5.41, 5.74) is 0. The molecule has 3 aromatic rings. The van der Waals surface area contributed by atoms with Gasteiger partial charge < -0.3 is 28.4 Å². The molecule has 0 N–H and O–H groups in total.